The second kappa shape index (κ2) is 7.55. The molecular weight excluding hydrogens is 302 g/mol. The van der Waals surface area contributed by atoms with Crippen LogP contribution in [-0.4, -0.2) is 28.0 Å². The van der Waals surface area contributed by atoms with Crippen molar-refractivity contribution in [1.82, 2.24) is 10.3 Å². The lowest BCUT2D eigenvalue weighted by molar-refractivity contribution is 0.101. The molecule has 1 atom stereocenters. The van der Waals surface area contributed by atoms with Gasteiger partial charge in [0.1, 0.15) is 5.82 Å². The van der Waals surface area contributed by atoms with Crippen molar-refractivity contribution in [3.05, 3.63) is 59.3 Å². The fourth-order valence-corrected chi connectivity index (χ4v) is 2.58. The predicted molar refractivity (Wildman–Crippen MR) is 95.8 cm³/mol. The van der Waals surface area contributed by atoms with E-state index in [0.717, 1.165) is 23.1 Å². The highest BCUT2D eigenvalue weighted by molar-refractivity contribution is 5.94. The highest BCUT2D eigenvalue weighted by Gasteiger charge is 2.20. The van der Waals surface area contributed by atoms with E-state index in [1.54, 1.807) is 25.3 Å². The first kappa shape index (κ1) is 18.1. The van der Waals surface area contributed by atoms with Crippen molar-refractivity contribution in [3.8, 4) is 0 Å². The number of aliphatic hydroxyl groups excluding tert-OH is 1. The summed E-state index contributed by atoms with van der Waals surface area (Å²) < 4.78 is 0. The first-order valence-corrected chi connectivity index (χ1v) is 8.01. The normalized spacial score (nSPS) is 12.8. The molecule has 1 heterocycles. The number of ketones is 1. The van der Waals surface area contributed by atoms with E-state index in [0.29, 0.717) is 12.4 Å². The Balaban J connectivity index is 1.96. The summed E-state index contributed by atoms with van der Waals surface area (Å²) in [6.07, 6.45) is 1.69. The van der Waals surface area contributed by atoms with Gasteiger partial charge in [-0.1, -0.05) is 24.3 Å². The van der Waals surface area contributed by atoms with Crippen molar-refractivity contribution in [2.24, 2.45) is 0 Å². The van der Waals surface area contributed by atoms with Crippen LogP contribution in [0, 0.1) is 0 Å². The van der Waals surface area contributed by atoms with Gasteiger partial charge in [-0.05, 0) is 44.9 Å². The lowest BCUT2D eigenvalue weighted by atomic mass is 9.93. The maximum atomic E-state index is 11.5. The molecule has 0 spiro atoms. The quantitative estimate of drug-likeness (QED) is 0.680. The number of pyridine rings is 1. The van der Waals surface area contributed by atoms with E-state index in [-0.39, 0.29) is 11.3 Å². The van der Waals surface area contributed by atoms with Crippen molar-refractivity contribution in [1.29, 1.82) is 0 Å². The molecule has 2 rings (SSSR count). The number of nitrogens with two attached hydrogens (primary N) is 1. The zero-order valence-electron chi connectivity index (χ0n) is 14.4. The van der Waals surface area contributed by atoms with Crippen LogP contribution in [0.5, 0.6) is 0 Å². The van der Waals surface area contributed by atoms with Crippen LogP contribution >= 0.6 is 0 Å². The van der Waals surface area contributed by atoms with Gasteiger partial charge in [0.2, 0.25) is 0 Å². The summed E-state index contributed by atoms with van der Waals surface area (Å²) >= 11 is 0. The molecule has 0 bridgehead atoms. The van der Waals surface area contributed by atoms with E-state index >= 15 is 0 Å². The maximum absolute atomic E-state index is 11.5. The summed E-state index contributed by atoms with van der Waals surface area (Å²) in [6.45, 7) is 6.12. The number of β-amino-alcohol motifs (C(OH)–C–C–N with tert-alkyl or cyclic N) is 1. The van der Waals surface area contributed by atoms with Crippen LogP contribution < -0.4 is 11.1 Å². The lowest BCUT2D eigenvalue weighted by Crippen LogP contribution is -2.43. The van der Waals surface area contributed by atoms with Gasteiger partial charge in [-0.25, -0.2) is 4.98 Å². The number of hydrogen-bond donors (Lipinski definition) is 3. The number of nitrogens with one attached hydrogen (secondary N) is 1. The molecule has 4 N–H and O–H groups in total. The summed E-state index contributed by atoms with van der Waals surface area (Å²) in [4.78, 5) is 15.5. The minimum absolute atomic E-state index is 0.0638. The van der Waals surface area contributed by atoms with Crippen molar-refractivity contribution >= 4 is 11.6 Å². The van der Waals surface area contributed by atoms with Gasteiger partial charge >= 0.3 is 0 Å². The number of hydrogen-bond acceptors (Lipinski definition) is 5. The van der Waals surface area contributed by atoms with Crippen LogP contribution in [0.2, 0.25) is 0 Å². The third-order valence-corrected chi connectivity index (χ3v) is 3.95. The molecule has 0 aliphatic heterocycles. The van der Waals surface area contributed by atoms with E-state index in [4.69, 9.17) is 5.73 Å². The van der Waals surface area contributed by atoms with Crippen LogP contribution in [0.4, 0.5) is 5.82 Å². The number of benzene rings is 1. The summed E-state index contributed by atoms with van der Waals surface area (Å²) in [5, 5.41) is 13.6. The standard InChI is InChI=1S/C19H25N3O2/c1-13(23)15-6-4-5-14(9-15)10-19(2,3)22-12-17(24)16-7-8-18(20)21-11-16/h4-9,11,17,22,24H,10,12H2,1-3H3,(H2,20,21)/t17-/m0/s1. The Kier molecular flexibility index (Phi) is 5.70. The number of Topliss-reactive ketones (excluding diaryl/α,β-unsaturated/α-hetero) is 1. The predicted octanol–water partition coefficient (Wildman–Crippen LogP) is 2.51. The van der Waals surface area contributed by atoms with E-state index in [2.05, 4.69) is 24.1 Å². The van der Waals surface area contributed by atoms with Gasteiger partial charge in [-0.15, -0.1) is 0 Å². The molecule has 0 fully saturated rings. The minimum Gasteiger partial charge on any atom is -0.387 e. The molecule has 128 valence electrons. The first-order chi connectivity index (χ1) is 11.3. The van der Waals surface area contributed by atoms with Crippen molar-refractivity contribution in [2.75, 3.05) is 12.3 Å². The molecule has 0 saturated heterocycles. The number of rotatable bonds is 7. The third kappa shape index (κ3) is 5.15. The molecule has 24 heavy (non-hydrogen) atoms. The number of carbonyl (C=O) groups excluding carboxylic acids is 1. The van der Waals surface area contributed by atoms with Crippen LogP contribution in [0.1, 0.15) is 48.4 Å². The zero-order chi connectivity index (χ0) is 17.7. The van der Waals surface area contributed by atoms with Crippen molar-refractivity contribution in [3.63, 3.8) is 0 Å². The van der Waals surface area contributed by atoms with Gasteiger partial charge in [-0.2, -0.15) is 0 Å². The maximum Gasteiger partial charge on any atom is 0.159 e. The second-order valence-electron chi connectivity index (χ2n) is 6.73. The molecule has 0 saturated carbocycles. The molecule has 5 nitrogen and oxygen atoms in total. The molecule has 0 amide bonds. The van der Waals surface area contributed by atoms with Crippen LogP contribution in [0.15, 0.2) is 42.6 Å². The Bertz CT molecular complexity index is 696. The number of anilines is 1. The highest BCUT2D eigenvalue weighted by Crippen LogP contribution is 2.17. The molecule has 5 heteroatoms. The lowest BCUT2D eigenvalue weighted by Gasteiger charge is -2.28. The molecule has 0 aliphatic rings. The Labute approximate surface area is 142 Å². The number of nitrogens with zero attached hydrogens (tertiary/aromatic N) is 1. The Morgan fingerprint density at radius 3 is 2.71 bits per heavy atom. The van der Waals surface area contributed by atoms with Crippen LogP contribution in [0.25, 0.3) is 0 Å². The van der Waals surface area contributed by atoms with E-state index < -0.39 is 6.10 Å². The molecular formula is C19H25N3O2. The van der Waals surface area contributed by atoms with E-state index in [9.17, 15) is 9.90 Å². The Morgan fingerprint density at radius 2 is 2.08 bits per heavy atom. The molecule has 0 aliphatic carbocycles. The largest absolute Gasteiger partial charge is 0.387 e. The van der Waals surface area contributed by atoms with Crippen LogP contribution in [0.3, 0.4) is 0 Å². The number of aromatic nitrogens is 1. The molecule has 0 unspecified atom stereocenters. The van der Waals surface area contributed by atoms with Gasteiger partial charge in [0.15, 0.2) is 5.78 Å². The number of nitrogen functional groups attached to an aromatic ring is 1. The van der Waals surface area contributed by atoms with Gasteiger partial charge in [-0.3, -0.25) is 4.79 Å². The molecule has 0 radical (unpaired) electrons. The Morgan fingerprint density at radius 1 is 1.33 bits per heavy atom. The summed E-state index contributed by atoms with van der Waals surface area (Å²) in [5.74, 6) is 0.499. The fraction of sp³-hybridized carbons (Fsp3) is 0.368. The fourth-order valence-electron chi connectivity index (χ4n) is 2.58. The summed E-state index contributed by atoms with van der Waals surface area (Å²) in [6, 6.07) is 11.1. The monoisotopic (exact) mass is 327 g/mol. The van der Waals surface area contributed by atoms with Crippen LogP contribution in [-0.2, 0) is 6.42 Å². The third-order valence-electron chi connectivity index (χ3n) is 3.95. The topological polar surface area (TPSA) is 88.2 Å². The van der Waals surface area contributed by atoms with Gasteiger partial charge in [0.05, 0.1) is 6.10 Å². The SMILES string of the molecule is CC(=O)c1cccc(CC(C)(C)NC[C@H](O)c2ccc(N)nc2)c1. The first-order valence-electron chi connectivity index (χ1n) is 8.01. The van der Waals surface area contributed by atoms with Gasteiger partial charge in [0, 0.05) is 29.4 Å². The zero-order valence-corrected chi connectivity index (χ0v) is 14.4. The second-order valence-corrected chi connectivity index (χ2v) is 6.73. The van der Waals surface area contributed by atoms with Crippen molar-refractivity contribution in [2.45, 2.75) is 38.8 Å². The van der Waals surface area contributed by atoms with E-state index in [1.807, 2.05) is 24.3 Å². The van der Waals surface area contributed by atoms with Gasteiger partial charge < -0.3 is 16.2 Å². The molecule has 1 aromatic carbocycles. The highest BCUT2D eigenvalue weighted by atomic mass is 16.3. The molecule has 1 aromatic heterocycles. The Hall–Kier alpha value is -2.24. The smallest absolute Gasteiger partial charge is 0.159 e. The molecule has 2 aromatic rings. The van der Waals surface area contributed by atoms with E-state index in [1.165, 1.54) is 0 Å². The van der Waals surface area contributed by atoms with Crippen molar-refractivity contribution < 1.29 is 9.90 Å². The van der Waals surface area contributed by atoms with Gasteiger partial charge in [0.25, 0.3) is 0 Å². The number of carbonyl (C=O) groups is 1. The average Bonchev–Trinajstić information content (AvgIpc) is 2.53. The summed E-state index contributed by atoms with van der Waals surface area (Å²) in [7, 11) is 0. The minimum atomic E-state index is -0.652. The average molecular weight is 327 g/mol. The number of aliphatic hydroxyl groups is 1. The summed E-state index contributed by atoms with van der Waals surface area (Å²) in [5.41, 5.74) is 7.87.